The Bertz CT molecular complexity index is 722. The van der Waals surface area contributed by atoms with E-state index in [2.05, 4.69) is 19.7 Å². The summed E-state index contributed by atoms with van der Waals surface area (Å²) < 4.78 is 2.26. The van der Waals surface area contributed by atoms with Crippen molar-refractivity contribution in [1.29, 1.82) is 0 Å². The van der Waals surface area contributed by atoms with Gasteiger partial charge in [-0.3, -0.25) is 4.79 Å². The highest BCUT2D eigenvalue weighted by molar-refractivity contribution is 7.09. The summed E-state index contributed by atoms with van der Waals surface area (Å²) in [6, 6.07) is 0.0452. The van der Waals surface area contributed by atoms with Gasteiger partial charge in [0.1, 0.15) is 11.5 Å². The number of likely N-dealkylation sites (tertiary alicyclic amines) is 1. The third-order valence-electron chi connectivity index (χ3n) is 4.79. The predicted octanol–water partition coefficient (Wildman–Crippen LogP) is 2.75. The van der Waals surface area contributed by atoms with E-state index in [1.165, 1.54) is 30.6 Å². The molecule has 0 radical (unpaired) electrons. The van der Waals surface area contributed by atoms with Gasteiger partial charge >= 0.3 is 0 Å². The predicted molar refractivity (Wildman–Crippen MR) is 87.4 cm³/mol. The lowest BCUT2D eigenvalue weighted by molar-refractivity contribution is 0.0721. The average molecular weight is 331 g/mol. The molecule has 0 N–H and O–H groups in total. The summed E-state index contributed by atoms with van der Waals surface area (Å²) in [5, 5.41) is 11.6. The Morgan fingerprint density at radius 2 is 2.13 bits per heavy atom. The van der Waals surface area contributed by atoms with E-state index in [1.807, 2.05) is 17.2 Å². The van der Waals surface area contributed by atoms with Crippen LogP contribution in [0.3, 0.4) is 0 Å². The largest absolute Gasteiger partial charge is 0.327 e. The van der Waals surface area contributed by atoms with Crippen LogP contribution in [0.2, 0.25) is 0 Å². The van der Waals surface area contributed by atoms with Crippen molar-refractivity contribution in [2.45, 2.75) is 58.0 Å². The van der Waals surface area contributed by atoms with Gasteiger partial charge < -0.3 is 9.47 Å². The molecule has 7 heteroatoms. The van der Waals surface area contributed by atoms with Crippen LogP contribution in [0.5, 0.6) is 0 Å². The third-order valence-corrected chi connectivity index (χ3v) is 5.56. The minimum Gasteiger partial charge on any atom is -0.327 e. The number of aromatic nitrogens is 4. The van der Waals surface area contributed by atoms with Gasteiger partial charge in [0.25, 0.3) is 5.91 Å². The van der Waals surface area contributed by atoms with Crippen LogP contribution in [-0.2, 0) is 13.0 Å². The number of thiazole rings is 1. The normalized spacial score (nSPS) is 21.3. The van der Waals surface area contributed by atoms with Gasteiger partial charge in [-0.2, -0.15) is 0 Å². The van der Waals surface area contributed by atoms with E-state index in [9.17, 15) is 4.79 Å². The number of carbonyl (C=O) groups excluding carboxylic acids is 1. The van der Waals surface area contributed by atoms with Crippen molar-refractivity contribution in [1.82, 2.24) is 24.6 Å². The summed E-state index contributed by atoms with van der Waals surface area (Å²) in [6.45, 7) is 3.69. The second kappa shape index (κ2) is 6.03. The number of nitrogens with zero attached hydrogens (tertiary/aromatic N) is 5. The van der Waals surface area contributed by atoms with Gasteiger partial charge in [0.05, 0.1) is 11.0 Å². The zero-order valence-electron chi connectivity index (χ0n) is 13.4. The Balaban J connectivity index is 1.63. The molecule has 0 saturated carbocycles. The number of aryl methyl sites for hydroxylation is 2. The smallest absolute Gasteiger partial charge is 0.273 e. The fourth-order valence-corrected chi connectivity index (χ4v) is 4.23. The first-order valence-corrected chi connectivity index (χ1v) is 9.27. The molecule has 0 unspecified atom stereocenters. The van der Waals surface area contributed by atoms with E-state index in [4.69, 9.17) is 0 Å². The first kappa shape index (κ1) is 14.8. The molecule has 23 heavy (non-hydrogen) atoms. The topological polar surface area (TPSA) is 63.9 Å². The summed E-state index contributed by atoms with van der Waals surface area (Å²) in [6.07, 6.45) is 6.58. The lowest BCUT2D eigenvalue weighted by Crippen LogP contribution is -2.32. The molecule has 1 fully saturated rings. The average Bonchev–Trinajstić information content (AvgIpc) is 3.23. The van der Waals surface area contributed by atoms with Gasteiger partial charge in [0, 0.05) is 24.9 Å². The van der Waals surface area contributed by atoms with E-state index < -0.39 is 0 Å². The van der Waals surface area contributed by atoms with Gasteiger partial charge in [-0.1, -0.05) is 6.42 Å². The van der Waals surface area contributed by atoms with Crippen LogP contribution < -0.4 is 0 Å². The van der Waals surface area contributed by atoms with Crippen molar-refractivity contribution < 1.29 is 4.79 Å². The fraction of sp³-hybridized carbons (Fsp3) is 0.625. The molecule has 4 rings (SSSR count). The van der Waals surface area contributed by atoms with E-state index in [-0.39, 0.29) is 11.9 Å². The lowest BCUT2D eigenvalue weighted by atomic mass is 10.2. The summed E-state index contributed by atoms with van der Waals surface area (Å²) in [5.41, 5.74) is 0.565. The quantitative estimate of drug-likeness (QED) is 0.849. The number of hydrogen-bond donors (Lipinski definition) is 0. The molecule has 0 aliphatic carbocycles. The van der Waals surface area contributed by atoms with Crippen molar-refractivity contribution in [3.8, 4) is 0 Å². The van der Waals surface area contributed by atoms with Crippen LogP contribution in [0.15, 0.2) is 5.38 Å². The molecule has 2 aromatic heterocycles. The molecule has 4 heterocycles. The van der Waals surface area contributed by atoms with E-state index in [0.29, 0.717) is 5.69 Å². The van der Waals surface area contributed by atoms with Gasteiger partial charge in [-0.25, -0.2) is 4.98 Å². The standard InChI is InChI=1S/C16H21N5OS/c1-11-17-12(10-23-11)16(22)20-9-5-6-13(20)15-19-18-14-7-3-2-4-8-21(14)15/h10,13H,2-9H2,1H3/t13-/m1/s1. The van der Waals surface area contributed by atoms with Crippen molar-refractivity contribution in [3.63, 3.8) is 0 Å². The second-order valence-electron chi connectivity index (χ2n) is 6.35. The van der Waals surface area contributed by atoms with Gasteiger partial charge in [0.15, 0.2) is 5.82 Å². The van der Waals surface area contributed by atoms with E-state index in [0.717, 1.165) is 49.0 Å². The molecular weight excluding hydrogens is 310 g/mol. The van der Waals surface area contributed by atoms with Crippen molar-refractivity contribution in [2.75, 3.05) is 6.54 Å². The summed E-state index contributed by atoms with van der Waals surface area (Å²) >= 11 is 1.52. The highest BCUT2D eigenvalue weighted by Gasteiger charge is 2.35. The van der Waals surface area contributed by atoms with Crippen LogP contribution >= 0.6 is 11.3 Å². The van der Waals surface area contributed by atoms with Crippen LogP contribution in [0.25, 0.3) is 0 Å². The number of carbonyl (C=O) groups is 1. The molecule has 1 atom stereocenters. The fourth-order valence-electron chi connectivity index (χ4n) is 3.64. The minimum atomic E-state index is 0.0304. The molecule has 1 amide bonds. The zero-order chi connectivity index (χ0) is 15.8. The highest BCUT2D eigenvalue weighted by Crippen LogP contribution is 2.33. The van der Waals surface area contributed by atoms with Gasteiger partial charge in [-0.05, 0) is 32.6 Å². The Morgan fingerprint density at radius 3 is 2.96 bits per heavy atom. The molecule has 6 nitrogen and oxygen atoms in total. The number of amides is 1. The molecule has 0 spiro atoms. The number of hydrogen-bond acceptors (Lipinski definition) is 5. The molecule has 1 saturated heterocycles. The third kappa shape index (κ3) is 2.67. The zero-order valence-corrected chi connectivity index (χ0v) is 14.2. The van der Waals surface area contributed by atoms with Crippen molar-refractivity contribution >= 4 is 17.2 Å². The van der Waals surface area contributed by atoms with E-state index in [1.54, 1.807) is 0 Å². The summed E-state index contributed by atoms with van der Waals surface area (Å²) in [4.78, 5) is 19.1. The maximum Gasteiger partial charge on any atom is 0.273 e. The maximum atomic E-state index is 12.8. The summed E-state index contributed by atoms with van der Waals surface area (Å²) in [5.74, 6) is 2.09. The molecule has 122 valence electrons. The Kier molecular flexibility index (Phi) is 3.88. The monoisotopic (exact) mass is 331 g/mol. The first-order valence-electron chi connectivity index (χ1n) is 8.39. The SMILES string of the molecule is Cc1nc(C(=O)N2CCC[C@@H]2c2nnc3n2CCCCC3)cs1. The molecular formula is C16H21N5OS. The van der Waals surface area contributed by atoms with Crippen LogP contribution in [0.4, 0.5) is 0 Å². The Morgan fingerprint density at radius 1 is 1.22 bits per heavy atom. The van der Waals surface area contributed by atoms with Crippen LogP contribution in [-0.4, -0.2) is 37.1 Å². The van der Waals surface area contributed by atoms with Crippen molar-refractivity contribution in [3.05, 3.63) is 27.7 Å². The first-order chi connectivity index (χ1) is 11.2. The molecule has 0 aromatic carbocycles. The van der Waals surface area contributed by atoms with Crippen molar-refractivity contribution in [2.24, 2.45) is 0 Å². The van der Waals surface area contributed by atoms with Gasteiger partial charge in [0.2, 0.25) is 0 Å². The van der Waals surface area contributed by atoms with Crippen LogP contribution in [0.1, 0.15) is 65.3 Å². The molecule has 2 aliphatic rings. The number of rotatable bonds is 2. The molecule has 0 bridgehead atoms. The highest BCUT2D eigenvalue weighted by atomic mass is 32.1. The molecule has 2 aromatic rings. The Hall–Kier alpha value is -1.76. The van der Waals surface area contributed by atoms with Crippen LogP contribution in [0, 0.1) is 6.92 Å². The maximum absolute atomic E-state index is 12.8. The summed E-state index contributed by atoms with van der Waals surface area (Å²) in [7, 11) is 0. The molecule has 2 aliphatic heterocycles. The van der Waals surface area contributed by atoms with E-state index >= 15 is 0 Å². The minimum absolute atomic E-state index is 0.0304. The second-order valence-corrected chi connectivity index (χ2v) is 7.41. The Labute approximate surface area is 139 Å². The lowest BCUT2D eigenvalue weighted by Gasteiger charge is -2.24. The van der Waals surface area contributed by atoms with Gasteiger partial charge in [-0.15, -0.1) is 21.5 Å². The number of fused-ring (bicyclic) bond motifs is 1.